The van der Waals surface area contributed by atoms with Crippen LogP contribution in [0.25, 0.3) is 10.2 Å². The highest BCUT2D eigenvalue weighted by Crippen LogP contribution is 2.42. The maximum atomic E-state index is 14.3. The molecule has 1 aliphatic rings. The third-order valence-electron chi connectivity index (χ3n) is 4.72. The molecule has 5 rings (SSSR count). The van der Waals surface area contributed by atoms with Crippen molar-refractivity contribution in [2.75, 3.05) is 9.21 Å². The summed E-state index contributed by atoms with van der Waals surface area (Å²) in [5.74, 6) is -3.07. The first-order chi connectivity index (χ1) is 14.5. The van der Waals surface area contributed by atoms with Gasteiger partial charge < -0.3 is 0 Å². The minimum atomic E-state index is -1.03. The molecule has 0 unspecified atom stereocenters. The zero-order valence-electron chi connectivity index (χ0n) is 15.2. The van der Waals surface area contributed by atoms with Crippen LogP contribution in [0.2, 0.25) is 0 Å². The third kappa shape index (κ3) is 3.20. The van der Waals surface area contributed by atoms with Crippen LogP contribution < -0.4 is 9.21 Å². The molecule has 0 fully saturated rings. The van der Waals surface area contributed by atoms with E-state index in [2.05, 4.69) is 4.98 Å². The van der Waals surface area contributed by atoms with Crippen LogP contribution in [-0.4, -0.2) is 11.0 Å². The Kier molecular flexibility index (Phi) is 4.63. The molecule has 1 aliphatic heterocycles. The average Bonchev–Trinajstić information content (AvgIpc) is 3.19. The lowest BCUT2D eigenvalue weighted by molar-refractivity contribution is 0.254. The molecule has 150 valence electrons. The normalized spacial score (nSPS) is 13.8. The number of urea groups is 1. The maximum absolute atomic E-state index is 14.3. The number of aromatic nitrogens is 1. The van der Waals surface area contributed by atoms with Crippen LogP contribution in [0.4, 0.5) is 29.3 Å². The number of rotatable bonds is 3. The Morgan fingerprint density at radius 2 is 1.73 bits per heavy atom. The van der Waals surface area contributed by atoms with Gasteiger partial charge in [-0.15, -0.1) is 11.3 Å². The number of hydrogen-bond donors (Lipinski definition) is 0. The van der Waals surface area contributed by atoms with Crippen LogP contribution >= 0.6 is 23.3 Å². The summed E-state index contributed by atoms with van der Waals surface area (Å²) in [6.45, 7) is -0.367. The van der Waals surface area contributed by atoms with Gasteiger partial charge in [-0.3, -0.25) is 4.90 Å². The van der Waals surface area contributed by atoms with Crippen molar-refractivity contribution in [1.82, 2.24) is 4.98 Å². The van der Waals surface area contributed by atoms with E-state index in [4.69, 9.17) is 0 Å². The van der Waals surface area contributed by atoms with Crippen molar-refractivity contribution < 1.29 is 18.0 Å². The van der Waals surface area contributed by atoms with Gasteiger partial charge in [0.05, 0.1) is 38.5 Å². The number of para-hydroxylation sites is 1. The largest absolute Gasteiger partial charge is 0.339 e. The van der Waals surface area contributed by atoms with Gasteiger partial charge in [0.1, 0.15) is 17.5 Å². The van der Waals surface area contributed by atoms with Crippen molar-refractivity contribution in [1.29, 1.82) is 0 Å². The number of carbonyl (C=O) groups is 1. The molecule has 0 spiro atoms. The van der Waals surface area contributed by atoms with Gasteiger partial charge in [0.2, 0.25) is 0 Å². The number of anilines is 2. The molecule has 0 atom stereocenters. The van der Waals surface area contributed by atoms with E-state index in [1.54, 1.807) is 23.7 Å². The molecule has 0 bridgehead atoms. The molecule has 0 saturated carbocycles. The number of amides is 2. The van der Waals surface area contributed by atoms with Crippen LogP contribution in [0.3, 0.4) is 0 Å². The molecule has 3 aromatic carbocycles. The topological polar surface area (TPSA) is 36.4 Å². The highest BCUT2D eigenvalue weighted by molar-refractivity contribution is 8.01. The highest BCUT2D eigenvalue weighted by atomic mass is 32.2. The Morgan fingerprint density at radius 1 is 0.967 bits per heavy atom. The lowest BCUT2D eigenvalue weighted by Gasteiger charge is -2.36. The molecular formula is C21H12F3N3OS2. The van der Waals surface area contributed by atoms with Crippen LogP contribution in [0.15, 0.2) is 65.0 Å². The average molecular weight is 443 g/mol. The van der Waals surface area contributed by atoms with Gasteiger partial charge in [0, 0.05) is 17.7 Å². The minimum Gasteiger partial charge on any atom is -0.287 e. The van der Waals surface area contributed by atoms with Crippen LogP contribution in [-0.2, 0) is 6.54 Å². The summed E-state index contributed by atoms with van der Waals surface area (Å²) in [6.07, 6.45) is 0. The fourth-order valence-electron chi connectivity index (χ4n) is 3.27. The van der Waals surface area contributed by atoms with E-state index in [1.807, 2.05) is 24.3 Å². The molecule has 2 heterocycles. The molecule has 9 heteroatoms. The molecule has 0 radical (unpaired) electrons. The fourth-order valence-corrected chi connectivity index (χ4v) is 4.99. The van der Waals surface area contributed by atoms with E-state index < -0.39 is 23.5 Å². The number of hydrogen-bond acceptors (Lipinski definition) is 4. The number of benzene rings is 3. The molecule has 1 aromatic heterocycles. The second-order valence-corrected chi connectivity index (χ2v) is 8.45. The van der Waals surface area contributed by atoms with Gasteiger partial charge in [0.25, 0.3) is 0 Å². The third-order valence-corrected chi connectivity index (χ3v) is 6.60. The lowest BCUT2D eigenvalue weighted by atomic mass is 10.1. The predicted molar refractivity (Wildman–Crippen MR) is 112 cm³/mol. The van der Waals surface area contributed by atoms with Gasteiger partial charge >= 0.3 is 6.03 Å². The molecule has 4 aromatic rings. The summed E-state index contributed by atoms with van der Waals surface area (Å²) in [5, 5.41) is 0. The van der Waals surface area contributed by atoms with Crippen molar-refractivity contribution in [3.63, 3.8) is 0 Å². The lowest BCUT2D eigenvalue weighted by Crippen LogP contribution is -2.43. The Bertz CT molecular complexity index is 1270. The fraction of sp³-hybridized carbons (Fsp3) is 0.0476. The monoisotopic (exact) mass is 443 g/mol. The van der Waals surface area contributed by atoms with Crippen molar-refractivity contribution in [3.05, 3.63) is 83.1 Å². The zero-order chi connectivity index (χ0) is 20.8. The van der Waals surface area contributed by atoms with Gasteiger partial charge in [0.15, 0.2) is 0 Å². The standard InChI is InChI=1S/C21H12F3N3OS2/c22-12-7-15(23)14(16(24)8-12)10-26-18-3-1-2-4-19(18)30-27(21(26)28)13-5-6-17-20(9-13)29-11-25-17/h1-9,11H,10H2. The summed E-state index contributed by atoms with van der Waals surface area (Å²) in [4.78, 5) is 19.6. The number of nitrogens with zero attached hydrogens (tertiary/aromatic N) is 3. The Morgan fingerprint density at radius 3 is 2.53 bits per heavy atom. The quantitative estimate of drug-likeness (QED) is 0.345. The summed E-state index contributed by atoms with van der Waals surface area (Å²) in [6, 6.07) is 13.3. The van der Waals surface area contributed by atoms with Gasteiger partial charge in [-0.05, 0) is 42.3 Å². The molecule has 30 heavy (non-hydrogen) atoms. The number of thiazole rings is 1. The first-order valence-electron chi connectivity index (χ1n) is 8.86. The first-order valence-corrected chi connectivity index (χ1v) is 10.5. The second kappa shape index (κ2) is 7.33. The Balaban J connectivity index is 1.58. The molecule has 0 N–H and O–H groups in total. The molecule has 0 saturated heterocycles. The number of halogens is 3. The first kappa shape index (κ1) is 19.0. The SMILES string of the molecule is O=C1N(Cc2c(F)cc(F)cc2F)c2ccccc2SN1c1ccc2ncsc2c1. The van der Waals surface area contributed by atoms with Gasteiger partial charge in [-0.1, -0.05) is 12.1 Å². The van der Waals surface area contributed by atoms with E-state index in [-0.39, 0.29) is 12.1 Å². The highest BCUT2D eigenvalue weighted by Gasteiger charge is 2.33. The van der Waals surface area contributed by atoms with E-state index >= 15 is 0 Å². The zero-order valence-corrected chi connectivity index (χ0v) is 16.8. The van der Waals surface area contributed by atoms with Crippen LogP contribution in [0, 0.1) is 17.5 Å². The maximum Gasteiger partial charge on any atom is 0.339 e. The Labute approximate surface area is 177 Å². The van der Waals surface area contributed by atoms with Crippen molar-refractivity contribution >= 4 is 50.9 Å². The van der Waals surface area contributed by atoms with Crippen molar-refractivity contribution in [2.45, 2.75) is 11.4 Å². The summed E-state index contributed by atoms with van der Waals surface area (Å²) < 4.78 is 44.3. The van der Waals surface area contributed by atoms with E-state index in [1.165, 1.54) is 32.5 Å². The number of carbonyl (C=O) groups excluding carboxylic acids is 1. The van der Waals surface area contributed by atoms with Crippen molar-refractivity contribution in [2.24, 2.45) is 0 Å². The van der Waals surface area contributed by atoms with Crippen LogP contribution in [0.1, 0.15) is 5.56 Å². The smallest absolute Gasteiger partial charge is 0.287 e. The molecule has 4 nitrogen and oxygen atoms in total. The van der Waals surface area contributed by atoms with Gasteiger partial charge in [-0.25, -0.2) is 27.3 Å². The second-order valence-electron chi connectivity index (χ2n) is 6.57. The summed E-state index contributed by atoms with van der Waals surface area (Å²) >= 11 is 2.69. The molecule has 2 amide bonds. The molecular weight excluding hydrogens is 431 g/mol. The van der Waals surface area contributed by atoms with E-state index in [0.717, 1.165) is 15.1 Å². The van der Waals surface area contributed by atoms with E-state index in [0.29, 0.717) is 23.5 Å². The minimum absolute atomic E-state index is 0.367. The van der Waals surface area contributed by atoms with Gasteiger partial charge in [-0.2, -0.15) is 0 Å². The van der Waals surface area contributed by atoms with E-state index in [9.17, 15) is 18.0 Å². The summed E-state index contributed by atoms with van der Waals surface area (Å²) in [7, 11) is 0. The van der Waals surface area contributed by atoms with Crippen molar-refractivity contribution in [3.8, 4) is 0 Å². The number of fused-ring (bicyclic) bond motifs is 2. The van der Waals surface area contributed by atoms with Crippen LogP contribution in [0.5, 0.6) is 0 Å². The summed E-state index contributed by atoms with van der Waals surface area (Å²) in [5.41, 5.74) is 3.34. The Hall–Kier alpha value is -3.04. The molecule has 0 aliphatic carbocycles. The predicted octanol–water partition coefficient (Wildman–Crippen LogP) is 6.37.